The molecule has 3 aliphatic rings. The molecule has 1 amide bonds. The van der Waals surface area contributed by atoms with Crippen LogP contribution in [0.4, 0.5) is 11.5 Å². The topological polar surface area (TPSA) is 92.6 Å². The van der Waals surface area contributed by atoms with Crippen molar-refractivity contribution < 1.29 is 9.53 Å². The largest absolute Gasteiger partial charge is 0.382 e. The highest BCUT2D eigenvalue weighted by atomic mass is 16.5. The van der Waals surface area contributed by atoms with Crippen LogP contribution in [0.25, 0.3) is 16.9 Å². The maximum atomic E-state index is 12.4. The summed E-state index contributed by atoms with van der Waals surface area (Å²) in [7, 11) is 0. The molecule has 3 heterocycles. The number of carbonyl (C=O) groups is 1. The molecule has 8 heteroatoms. The van der Waals surface area contributed by atoms with Gasteiger partial charge in [-0.15, -0.1) is 5.10 Å². The number of hydrogen-bond donors (Lipinski definition) is 3. The average Bonchev–Trinajstić information content (AvgIpc) is 3.36. The van der Waals surface area contributed by atoms with E-state index >= 15 is 0 Å². The first-order chi connectivity index (χ1) is 17.2. The van der Waals surface area contributed by atoms with E-state index in [1.54, 1.807) is 0 Å². The molecule has 0 bridgehead atoms. The summed E-state index contributed by atoms with van der Waals surface area (Å²) in [5, 5.41) is 15.3. The van der Waals surface area contributed by atoms with Gasteiger partial charge in [-0.3, -0.25) is 4.79 Å². The Morgan fingerprint density at radius 1 is 1.00 bits per heavy atom. The third-order valence-corrected chi connectivity index (χ3v) is 7.45. The zero-order valence-corrected chi connectivity index (χ0v) is 20.1. The molecule has 3 N–H and O–H groups in total. The number of hydrogen-bond acceptors (Lipinski definition) is 6. The lowest BCUT2D eigenvalue weighted by atomic mass is 10.0. The number of amides is 1. The lowest BCUT2D eigenvalue weighted by Gasteiger charge is -2.23. The SMILES string of the molecule is O=C(NC1CC1)c1ccc(-c2cnc3c(NCC4CCOCC4)cc(NC4CCCC4)nn23)cc1. The van der Waals surface area contributed by atoms with Crippen molar-refractivity contribution in [3.05, 3.63) is 42.1 Å². The molecule has 1 aromatic carbocycles. The van der Waals surface area contributed by atoms with Crippen molar-refractivity contribution in [1.82, 2.24) is 19.9 Å². The van der Waals surface area contributed by atoms with Gasteiger partial charge in [-0.1, -0.05) is 25.0 Å². The van der Waals surface area contributed by atoms with Crippen molar-refractivity contribution in [3.8, 4) is 11.3 Å². The Balaban J connectivity index is 1.29. The summed E-state index contributed by atoms with van der Waals surface area (Å²) in [6.45, 7) is 2.59. The van der Waals surface area contributed by atoms with Gasteiger partial charge in [-0.05, 0) is 56.6 Å². The molecule has 0 radical (unpaired) electrons. The molecule has 0 unspecified atom stereocenters. The quantitative estimate of drug-likeness (QED) is 0.446. The van der Waals surface area contributed by atoms with Crippen LogP contribution in [0.15, 0.2) is 36.5 Å². The monoisotopic (exact) mass is 474 g/mol. The fourth-order valence-corrected chi connectivity index (χ4v) is 5.14. The second kappa shape index (κ2) is 9.85. The van der Waals surface area contributed by atoms with Gasteiger partial charge in [0.15, 0.2) is 5.65 Å². The van der Waals surface area contributed by atoms with E-state index in [1.165, 1.54) is 25.7 Å². The predicted octanol–water partition coefficient (Wildman–Crippen LogP) is 4.48. The van der Waals surface area contributed by atoms with E-state index in [0.29, 0.717) is 23.6 Å². The van der Waals surface area contributed by atoms with Gasteiger partial charge in [-0.2, -0.15) is 0 Å². The second-order valence-electron chi connectivity index (χ2n) is 10.2. The van der Waals surface area contributed by atoms with Crippen LogP contribution in [0.5, 0.6) is 0 Å². The third kappa shape index (κ3) is 5.12. The molecule has 3 aromatic rings. The number of imidazole rings is 1. The Hall–Kier alpha value is -3.13. The molecule has 0 spiro atoms. The van der Waals surface area contributed by atoms with Crippen LogP contribution in [-0.2, 0) is 4.74 Å². The number of rotatable bonds is 8. The molecule has 2 aromatic heterocycles. The van der Waals surface area contributed by atoms with E-state index in [1.807, 2.05) is 35.0 Å². The fraction of sp³-hybridized carbons (Fsp3) is 0.519. The van der Waals surface area contributed by atoms with Crippen molar-refractivity contribution in [1.29, 1.82) is 0 Å². The molecule has 1 aliphatic heterocycles. The van der Waals surface area contributed by atoms with Crippen LogP contribution in [0.2, 0.25) is 0 Å². The molecule has 1 saturated heterocycles. The zero-order valence-electron chi connectivity index (χ0n) is 20.1. The Morgan fingerprint density at radius 3 is 2.51 bits per heavy atom. The van der Waals surface area contributed by atoms with Crippen molar-refractivity contribution in [2.45, 2.75) is 63.5 Å². The Morgan fingerprint density at radius 2 is 1.77 bits per heavy atom. The van der Waals surface area contributed by atoms with E-state index in [-0.39, 0.29) is 5.91 Å². The number of anilines is 2. The van der Waals surface area contributed by atoms with Crippen LogP contribution < -0.4 is 16.0 Å². The second-order valence-corrected chi connectivity index (χ2v) is 10.2. The first-order valence-electron chi connectivity index (χ1n) is 13.1. The number of carbonyl (C=O) groups excluding carboxylic acids is 1. The molecule has 2 saturated carbocycles. The van der Waals surface area contributed by atoms with Crippen molar-refractivity contribution >= 4 is 23.1 Å². The van der Waals surface area contributed by atoms with E-state index in [9.17, 15) is 4.79 Å². The summed E-state index contributed by atoms with van der Waals surface area (Å²) in [5.41, 5.74) is 4.41. The van der Waals surface area contributed by atoms with Gasteiger partial charge in [-0.25, -0.2) is 9.50 Å². The van der Waals surface area contributed by atoms with Gasteiger partial charge in [0.2, 0.25) is 0 Å². The summed E-state index contributed by atoms with van der Waals surface area (Å²) < 4.78 is 7.46. The lowest BCUT2D eigenvalue weighted by Crippen LogP contribution is -2.25. The Labute approximate surface area is 205 Å². The molecule has 3 fully saturated rings. The van der Waals surface area contributed by atoms with E-state index in [0.717, 1.165) is 73.9 Å². The summed E-state index contributed by atoms with van der Waals surface area (Å²) in [5.74, 6) is 1.48. The molecule has 8 nitrogen and oxygen atoms in total. The minimum atomic E-state index is -0.00188. The number of ether oxygens (including phenoxy) is 1. The standard InChI is InChI=1S/C27H34N6O2/c34-27(31-22-9-10-22)20-7-5-19(6-8-20)24-17-29-26-23(28-16-18-11-13-35-14-12-18)15-25(32-33(24)26)30-21-3-1-2-4-21/h5-8,15,17-18,21-22,28H,1-4,9-14,16H2,(H,30,32)(H,31,34). The highest BCUT2D eigenvalue weighted by Crippen LogP contribution is 2.29. The normalized spacial score (nSPS) is 19.2. The minimum absolute atomic E-state index is 0.00188. The lowest BCUT2D eigenvalue weighted by molar-refractivity contribution is 0.0699. The summed E-state index contributed by atoms with van der Waals surface area (Å²) in [6, 6.07) is 10.7. The van der Waals surface area contributed by atoms with Crippen molar-refractivity contribution in [3.63, 3.8) is 0 Å². The number of fused-ring (bicyclic) bond motifs is 1. The van der Waals surface area contributed by atoms with Crippen LogP contribution in [0, 0.1) is 5.92 Å². The van der Waals surface area contributed by atoms with Crippen molar-refractivity contribution in [2.75, 3.05) is 30.4 Å². The number of nitrogens with zero attached hydrogens (tertiary/aromatic N) is 3. The third-order valence-electron chi connectivity index (χ3n) is 7.45. The maximum Gasteiger partial charge on any atom is 0.251 e. The fourth-order valence-electron chi connectivity index (χ4n) is 5.14. The molecular formula is C27H34N6O2. The molecule has 2 aliphatic carbocycles. The van der Waals surface area contributed by atoms with Gasteiger partial charge >= 0.3 is 0 Å². The van der Waals surface area contributed by atoms with E-state index in [2.05, 4.69) is 22.0 Å². The summed E-state index contributed by atoms with van der Waals surface area (Å²) >= 11 is 0. The smallest absolute Gasteiger partial charge is 0.251 e. The van der Waals surface area contributed by atoms with Crippen molar-refractivity contribution in [2.24, 2.45) is 5.92 Å². The average molecular weight is 475 g/mol. The van der Waals surface area contributed by atoms with Gasteiger partial charge in [0.25, 0.3) is 5.91 Å². The number of aromatic nitrogens is 3. The van der Waals surface area contributed by atoms with Gasteiger partial charge in [0.05, 0.1) is 17.6 Å². The molecule has 184 valence electrons. The number of nitrogens with one attached hydrogen (secondary N) is 3. The van der Waals surface area contributed by atoms with E-state index < -0.39 is 0 Å². The summed E-state index contributed by atoms with van der Waals surface area (Å²) in [4.78, 5) is 17.1. The predicted molar refractivity (Wildman–Crippen MR) is 137 cm³/mol. The zero-order chi connectivity index (χ0) is 23.6. The minimum Gasteiger partial charge on any atom is -0.382 e. The van der Waals surface area contributed by atoms with E-state index in [4.69, 9.17) is 14.8 Å². The van der Waals surface area contributed by atoms with Gasteiger partial charge < -0.3 is 20.7 Å². The van der Waals surface area contributed by atoms with Crippen LogP contribution in [-0.4, -0.2) is 52.3 Å². The molecule has 6 rings (SSSR count). The van der Waals surface area contributed by atoms with Crippen LogP contribution in [0.1, 0.15) is 61.7 Å². The highest BCUT2D eigenvalue weighted by Gasteiger charge is 2.24. The Kier molecular flexibility index (Phi) is 6.29. The highest BCUT2D eigenvalue weighted by molar-refractivity contribution is 5.95. The van der Waals surface area contributed by atoms with Crippen LogP contribution >= 0.6 is 0 Å². The summed E-state index contributed by atoms with van der Waals surface area (Å²) in [6.07, 6.45) is 11.1. The molecular weight excluding hydrogens is 440 g/mol. The van der Waals surface area contributed by atoms with Crippen LogP contribution in [0.3, 0.4) is 0 Å². The first kappa shape index (κ1) is 22.3. The molecule has 35 heavy (non-hydrogen) atoms. The maximum absolute atomic E-state index is 12.4. The molecule has 0 atom stereocenters. The van der Waals surface area contributed by atoms with Gasteiger partial charge in [0.1, 0.15) is 5.82 Å². The van der Waals surface area contributed by atoms with Gasteiger partial charge in [0, 0.05) is 49.0 Å². The number of benzene rings is 1. The Bertz CT molecular complexity index is 1170. The first-order valence-corrected chi connectivity index (χ1v) is 13.1.